The Labute approximate surface area is 191 Å². The lowest BCUT2D eigenvalue weighted by Crippen LogP contribution is -2.55. The van der Waals surface area contributed by atoms with Gasteiger partial charge in [0.2, 0.25) is 5.90 Å². The predicted octanol–water partition coefficient (Wildman–Crippen LogP) is 2.95. The maximum atomic E-state index is 13.3. The molecule has 0 spiro atoms. The first-order chi connectivity index (χ1) is 14.9. The van der Waals surface area contributed by atoms with Crippen LogP contribution in [0.2, 0.25) is 0 Å². The molecule has 166 valence electrons. The molecular formula is C23H28BrN3O4. The Kier molecular flexibility index (Phi) is 7.69. The van der Waals surface area contributed by atoms with Crippen molar-refractivity contribution in [1.82, 2.24) is 10.4 Å². The smallest absolute Gasteiger partial charge is 0.266 e. The van der Waals surface area contributed by atoms with Crippen molar-refractivity contribution < 1.29 is 19.4 Å². The minimum absolute atomic E-state index is 0.0925. The van der Waals surface area contributed by atoms with Crippen molar-refractivity contribution in [2.75, 3.05) is 27.3 Å². The number of nitrogens with zero attached hydrogens (tertiary/aromatic N) is 2. The zero-order valence-electron chi connectivity index (χ0n) is 18.0. The van der Waals surface area contributed by atoms with Crippen molar-refractivity contribution in [3.63, 3.8) is 0 Å². The van der Waals surface area contributed by atoms with E-state index in [1.165, 1.54) is 0 Å². The van der Waals surface area contributed by atoms with Crippen LogP contribution < -0.4 is 10.2 Å². The molecule has 1 heterocycles. The third-order valence-corrected chi connectivity index (χ3v) is 5.84. The maximum Gasteiger partial charge on any atom is 0.266 e. The van der Waals surface area contributed by atoms with Gasteiger partial charge in [0.05, 0.1) is 6.61 Å². The zero-order chi connectivity index (χ0) is 22.4. The number of hydrogen-bond donors (Lipinski definition) is 2. The van der Waals surface area contributed by atoms with Gasteiger partial charge >= 0.3 is 0 Å². The first kappa shape index (κ1) is 23.2. The Bertz CT molecular complexity index is 933. The van der Waals surface area contributed by atoms with Crippen molar-refractivity contribution in [2.45, 2.75) is 31.4 Å². The normalized spacial score (nSPS) is 20.3. The predicted molar refractivity (Wildman–Crippen MR) is 123 cm³/mol. The largest absolute Gasteiger partial charge is 0.494 e. The van der Waals surface area contributed by atoms with E-state index < -0.39 is 11.6 Å². The van der Waals surface area contributed by atoms with Gasteiger partial charge in [0.25, 0.3) is 5.91 Å². The SMILES string of the molecule is C[C@@H]1OC(c2ccc(OCCCO)cc2)=N[C@]1(Cc1ccccc1Br)C(=O)NN(C)C. The number of aliphatic hydroxyl groups excluding tert-OH is 1. The van der Waals surface area contributed by atoms with E-state index in [1.54, 1.807) is 19.1 Å². The zero-order valence-corrected chi connectivity index (χ0v) is 19.6. The van der Waals surface area contributed by atoms with Crippen LogP contribution in [-0.4, -0.2) is 60.9 Å². The molecule has 1 aliphatic rings. The van der Waals surface area contributed by atoms with Crippen LogP contribution in [0.5, 0.6) is 5.75 Å². The number of ether oxygens (including phenoxy) is 2. The van der Waals surface area contributed by atoms with Crippen LogP contribution in [0.25, 0.3) is 0 Å². The molecule has 1 aliphatic heterocycles. The second kappa shape index (κ2) is 10.3. The van der Waals surface area contributed by atoms with Gasteiger partial charge in [-0.25, -0.2) is 10.0 Å². The van der Waals surface area contributed by atoms with Gasteiger partial charge in [0.1, 0.15) is 11.9 Å². The summed E-state index contributed by atoms with van der Waals surface area (Å²) < 4.78 is 12.6. The van der Waals surface area contributed by atoms with Crippen LogP contribution in [0.3, 0.4) is 0 Å². The molecule has 0 fully saturated rings. The molecule has 8 heteroatoms. The van der Waals surface area contributed by atoms with Gasteiger partial charge in [-0.3, -0.25) is 10.2 Å². The van der Waals surface area contributed by atoms with Crippen LogP contribution in [-0.2, 0) is 16.0 Å². The first-order valence-corrected chi connectivity index (χ1v) is 11.0. The van der Waals surface area contributed by atoms with E-state index in [0.717, 1.165) is 15.6 Å². The van der Waals surface area contributed by atoms with Gasteiger partial charge in [-0.05, 0) is 42.8 Å². The van der Waals surface area contributed by atoms with Crippen LogP contribution in [0.15, 0.2) is 58.0 Å². The number of hydrogen-bond acceptors (Lipinski definition) is 6. The van der Waals surface area contributed by atoms with Crippen LogP contribution >= 0.6 is 15.9 Å². The second-order valence-electron chi connectivity index (χ2n) is 7.65. The fraction of sp³-hybridized carbons (Fsp3) is 0.391. The number of aliphatic hydroxyl groups is 1. The Morgan fingerprint density at radius 2 is 1.97 bits per heavy atom. The van der Waals surface area contributed by atoms with Crippen molar-refractivity contribution in [3.05, 3.63) is 64.1 Å². The summed E-state index contributed by atoms with van der Waals surface area (Å²) in [5, 5.41) is 10.5. The fourth-order valence-corrected chi connectivity index (χ4v) is 3.80. The average Bonchev–Trinajstić information content (AvgIpc) is 3.07. The van der Waals surface area contributed by atoms with Gasteiger partial charge in [0.15, 0.2) is 5.54 Å². The lowest BCUT2D eigenvalue weighted by molar-refractivity contribution is -0.132. The van der Waals surface area contributed by atoms with Gasteiger partial charge in [-0.15, -0.1) is 0 Å². The van der Waals surface area contributed by atoms with E-state index in [4.69, 9.17) is 19.6 Å². The van der Waals surface area contributed by atoms with E-state index in [0.29, 0.717) is 31.1 Å². The van der Waals surface area contributed by atoms with Crippen molar-refractivity contribution in [2.24, 2.45) is 4.99 Å². The minimum Gasteiger partial charge on any atom is -0.494 e. The minimum atomic E-state index is -1.11. The quantitative estimate of drug-likeness (QED) is 0.417. The molecule has 1 amide bonds. The second-order valence-corrected chi connectivity index (χ2v) is 8.51. The number of rotatable bonds is 9. The molecular weight excluding hydrogens is 462 g/mol. The molecule has 0 saturated heterocycles. The van der Waals surface area contributed by atoms with E-state index in [1.807, 2.05) is 55.5 Å². The number of nitrogens with one attached hydrogen (secondary N) is 1. The molecule has 3 rings (SSSR count). The summed E-state index contributed by atoms with van der Waals surface area (Å²) in [6, 6.07) is 15.2. The molecule has 2 aromatic rings. The monoisotopic (exact) mass is 489 g/mol. The van der Waals surface area contributed by atoms with Crippen LogP contribution in [0.4, 0.5) is 0 Å². The number of amides is 1. The molecule has 0 radical (unpaired) electrons. The van der Waals surface area contributed by atoms with E-state index in [2.05, 4.69) is 21.4 Å². The molecule has 0 aliphatic carbocycles. The molecule has 7 nitrogen and oxygen atoms in total. The summed E-state index contributed by atoms with van der Waals surface area (Å²) in [4.78, 5) is 18.1. The van der Waals surface area contributed by atoms with E-state index in [-0.39, 0.29) is 12.5 Å². The average molecular weight is 490 g/mol. The number of benzene rings is 2. The Balaban J connectivity index is 1.91. The molecule has 0 unspecified atom stereocenters. The van der Waals surface area contributed by atoms with Crippen LogP contribution in [0, 0.1) is 0 Å². The standard InChI is InChI=1S/C23H28BrN3O4/c1-16-23(22(29)26-27(2)3,15-18-7-4-5-8-20(18)24)25-21(31-16)17-9-11-19(12-10-17)30-14-6-13-28/h4-5,7-12,16,28H,6,13-15H2,1-3H3,(H,26,29)/t16-,23-/m0/s1. The molecule has 0 bridgehead atoms. The highest BCUT2D eigenvalue weighted by Crippen LogP contribution is 2.34. The summed E-state index contributed by atoms with van der Waals surface area (Å²) in [5.74, 6) is 0.906. The topological polar surface area (TPSA) is 83.4 Å². The van der Waals surface area contributed by atoms with Crippen molar-refractivity contribution >= 4 is 27.7 Å². The van der Waals surface area contributed by atoms with Crippen LogP contribution in [0.1, 0.15) is 24.5 Å². The molecule has 2 atom stereocenters. The number of carbonyl (C=O) groups is 1. The van der Waals surface area contributed by atoms with Gasteiger partial charge in [-0.1, -0.05) is 34.1 Å². The highest BCUT2D eigenvalue weighted by Gasteiger charge is 2.50. The third-order valence-electron chi connectivity index (χ3n) is 5.07. The van der Waals surface area contributed by atoms with Crippen molar-refractivity contribution in [1.29, 1.82) is 0 Å². The Morgan fingerprint density at radius 1 is 1.26 bits per heavy atom. The fourth-order valence-electron chi connectivity index (χ4n) is 3.38. The lowest BCUT2D eigenvalue weighted by Gasteiger charge is -2.29. The van der Waals surface area contributed by atoms with Gasteiger partial charge in [-0.2, -0.15) is 0 Å². The molecule has 2 N–H and O–H groups in total. The number of carbonyl (C=O) groups excluding carboxylic acids is 1. The van der Waals surface area contributed by atoms with Crippen molar-refractivity contribution in [3.8, 4) is 5.75 Å². The first-order valence-electron chi connectivity index (χ1n) is 10.2. The summed E-state index contributed by atoms with van der Waals surface area (Å²) in [7, 11) is 3.54. The number of aliphatic imine (C=N–C) groups is 1. The molecule has 31 heavy (non-hydrogen) atoms. The van der Waals surface area contributed by atoms with E-state index in [9.17, 15) is 4.79 Å². The number of hydrazine groups is 1. The summed E-state index contributed by atoms with van der Waals surface area (Å²) in [5.41, 5.74) is 3.49. The summed E-state index contributed by atoms with van der Waals surface area (Å²) in [6.07, 6.45) is 0.504. The van der Waals surface area contributed by atoms with Gasteiger partial charge in [0, 0.05) is 43.6 Å². The number of halogens is 1. The Morgan fingerprint density at radius 3 is 2.61 bits per heavy atom. The molecule has 0 aromatic heterocycles. The molecule has 2 aromatic carbocycles. The Hall–Kier alpha value is -2.42. The highest BCUT2D eigenvalue weighted by molar-refractivity contribution is 9.10. The lowest BCUT2D eigenvalue weighted by atomic mass is 9.86. The van der Waals surface area contributed by atoms with E-state index >= 15 is 0 Å². The highest BCUT2D eigenvalue weighted by atomic mass is 79.9. The third kappa shape index (κ3) is 5.44. The summed E-state index contributed by atoms with van der Waals surface area (Å²) >= 11 is 3.58. The molecule has 0 saturated carbocycles. The van der Waals surface area contributed by atoms with Gasteiger partial charge < -0.3 is 14.6 Å². The maximum absolute atomic E-state index is 13.3. The summed E-state index contributed by atoms with van der Waals surface area (Å²) in [6.45, 7) is 2.41.